The molecule has 1 aromatic rings. The van der Waals surface area contributed by atoms with Gasteiger partial charge in [-0.3, -0.25) is 0 Å². The number of hydrogen-bond donors (Lipinski definition) is 1. The summed E-state index contributed by atoms with van der Waals surface area (Å²) in [6.07, 6.45) is 1.15. The lowest BCUT2D eigenvalue weighted by Crippen LogP contribution is -1.98. The molecule has 0 aromatic heterocycles. The van der Waals surface area contributed by atoms with E-state index in [4.69, 9.17) is 0 Å². The third-order valence-corrected chi connectivity index (χ3v) is 1.51. The van der Waals surface area contributed by atoms with E-state index in [1.165, 1.54) is 5.69 Å². The Hall–Kier alpha value is -0.980. The van der Waals surface area contributed by atoms with E-state index < -0.39 is 0 Å². The van der Waals surface area contributed by atoms with Crippen molar-refractivity contribution in [3.8, 4) is 0 Å². The van der Waals surface area contributed by atoms with Crippen LogP contribution in [0.5, 0.6) is 0 Å². The van der Waals surface area contributed by atoms with Crippen molar-refractivity contribution in [3.63, 3.8) is 0 Å². The van der Waals surface area contributed by atoms with Crippen molar-refractivity contribution in [1.29, 1.82) is 0 Å². The molecule has 0 fully saturated rings. The summed E-state index contributed by atoms with van der Waals surface area (Å²) < 4.78 is 0. The summed E-state index contributed by atoms with van der Waals surface area (Å²) in [6, 6.07) is 8.12. The lowest BCUT2D eigenvalue weighted by atomic mass is 10.2. The normalized spacial score (nSPS) is 9.64. The van der Waals surface area contributed by atoms with Crippen LogP contribution in [-0.4, -0.2) is 6.54 Å². The Labute approximate surface area is 68.4 Å². The highest BCUT2D eigenvalue weighted by Crippen LogP contribution is 2.08. The van der Waals surface area contributed by atoms with Gasteiger partial charge < -0.3 is 5.32 Å². The molecule has 1 aromatic carbocycles. The molecule has 1 nitrogen and oxygen atoms in total. The summed E-state index contributed by atoms with van der Waals surface area (Å²) in [4.78, 5) is 0. The number of rotatable bonds is 3. The number of hydrogen-bond acceptors (Lipinski definition) is 1. The molecule has 59 valence electrons. The summed E-state index contributed by atoms with van der Waals surface area (Å²) in [5.41, 5.74) is 2.23. The number of anilines is 1. The van der Waals surface area contributed by atoms with E-state index in [9.17, 15) is 0 Å². The van der Waals surface area contributed by atoms with Crippen LogP contribution in [-0.2, 0) is 0 Å². The maximum Gasteiger partial charge on any atom is 0.0342 e. The minimum atomic E-state index is 1.03. The van der Waals surface area contributed by atoms with Crippen molar-refractivity contribution >= 4 is 5.69 Å². The van der Waals surface area contributed by atoms with Crippen molar-refractivity contribution in [2.75, 3.05) is 11.9 Å². The summed E-state index contributed by atoms with van der Waals surface area (Å²) in [6.45, 7) is 7.03. The molecule has 11 heavy (non-hydrogen) atoms. The van der Waals surface area contributed by atoms with E-state index in [0.29, 0.717) is 0 Å². The summed E-state index contributed by atoms with van der Waals surface area (Å²) in [7, 11) is 0. The van der Waals surface area contributed by atoms with Crippen LogP contribution in [0.2, 0.25) is 0 Å². The fourth-order valence-electron chi connectivity index (χ4n) is 0.951. The molecule has 0 atom stereocenters. The highest BCUT2D eigenvalue weighted by molar-refractivity contribution is 5.46. The topological polar surface area (TPSA) is 12.0 Å². The largest absolute Gasteiger partial charge is 0.385 e. The highest BCUT2D eigenvalue weighted by Gasteiger charge is 1.88. The number of benzene rings is 1. The first-order valence-corrected chi connectivity index (χ1v) is 3.99. The Bertz CT molecular complexity index is 218. The Kier molecular flexibility index (Phi) is 2.96. The van der Waals surface area contributed by atoms with Crippen molar-refractivity contribution in [2.45, 2.75) is 13.3 Å². The van der Waals surface area contributed by atoms with Gasteiger partial charge in [0, 0.05) is 12.2 Å². The molecule has 1 heteroatoms. The molecule has 0 unspecified atom stereocenters. The van der Waals surface area contributed by atoms with Crippen molar-refractivity contribution in [3.05, 3.63) is 36.8 Å². The predicted octanol–water partition coefficient (Wildman–Crippen LogP) is 2.69. The Morgan fingerprint density at radius 3 is 2.91 bits per heavy atom. The first-order chi connectivity index (χ1) is 5.33. The average Bonchev–Trinajstić information content (AvgIpc) is 2.01. The lowest BCUT2D eigenvalue weighted by Gasteiger charge is -2.04. The molecule has 0 aliphatic heterocycles. The van der Waals surface area contributed by atoms with E-state index in [2.05, 4.69) is 31.3 Å². The molecule has 0 saturated carbocycles. The maximum atomic E-state index is 3.85. The molecule has 0 saturated heterocycles. The van der Waals surface area contributed by atoms with Gasteiger partial charge in [0.2, 0.25) is 0 Å². The Morgan fingerprint density at radius 2 is 2.27 bits per heavy atom. The second-order valence-corrected chi connectivity index (χ2v) is 2.63. The van der Waals surface area contributed by atoms with E-state index in [-0.39, 0.29) is 0 Å². The second-order valence-electron chi connectivity index (χ2n) is 2.63. The van der Waals surface area contributed by atoms with Crippen LogP contribution in [0.3, 0.4) is 0 Å². The molecule has 0 bridgehead atoms. The van der Waals surface area contributed by atoms with Crippen molar-refractivity contribution < 1.29 is 0 Å². The molecule has 1 radical (unpaired) electrons. The molecule has 0 aliphatic carbocycles. The molecule has 0 aliphatic rings. The van der Waals surface area contributed by atoms with Gasteiger partial charge in [0.05, 0.1) is 0 Å². The molecular formula is C10H14N. The van der Waals surface area contributed by atoms with Crippen LogP contribution >= 0.6 is 0 Å². The summed E-state index contributed by atoms with van der Waals surface area (Å²) in [5.74, 6) is 0. The van der Waals surface area contributed by atoms with Crippen LogP contribution in [0.15, 0.2) is 24.3 Å². The van der Waals surface area contributed by atoms with Gasteiger partial charge in [-0.15, -0.1) is 0 Å². The van der Waals surface area contributed by atoms with Gasteiger partial charge in [0.25, 0.3) is 0 Å². The zero-order valence-corrected chi connectivity index (χ0v) is 6.93. The maximum absolute atomic E-state index is 3.85. The third-order valence-electron chi connectivity index (χ3n) is 1.51. The van der Waals surface area contributed by atoms with Crippen LogP contribution in [0.1, 0.15) is 18.9 Å². The molecule has 0 heterocycles. The van der Waals surface area contributed by atoms with Gasteiger partial charge in [-0.1, -0.05) is 19.1 Å². The van der Waals surface area contributed by atoms with Gasteiger partial charge in [0.1, 0.15) is 0 Å². The van der Waals surface area contributed by atoms with E-state index in [1.54, 1.807) is 0 Å². The smallest absolute Gasteiger partial charge is 0.0342 e. The monoisotopic (exact) mass is 148 g/mol. The SMILES string of the molecule is [CH2]c1cccc(NCCC)c1. The molecule has 0 spiro atoms. The van der Waals surface area contributed by atoms with Crippen LogP contribution in [0.4, 0.5) is 5.69 Å². The first-order valence-electron chi connectivity index (χ1n) is 3.99. The molecule has 1 N–H and O–H groups in total. The summed E-state index contributed by atoms with van der Waals surface area (Å²) in [5, 5.41) is 3.30. The Morgan fingerprint density at radius 1 is 1.45 bits per heavy atom. The second kappa shape index (κ2) is 4.02. The third kappa shape index (κ3) is 2.62. The van der Waals surface area contributed by atoms with Crippen LogP contribution in [0, 0.1) is 6.92 Å². The molecule has 0 amide bonds. The quantitative estimate of drug-likeness (QED) is 0.695. The van der Waals surface area contributed by atoms with Gasteiger partial charge in [-0.05, 0) is 31.0 Å². The standard InChI is InChI=1S/C10H14N/c1-3-7-11-10-6-4-5-9(2)8-10/h4-6,8,11H,2-3,7H2,1H3. The highest BCUT2D eigenvalue weighted by atomic mass is 14.9. The van der Waals surface area contributed by atoms with Gasteiger partial charge in [-0.2, -0.15) is 0 Å². The minimum Gasteiger partial charge on any atom is -0.385 e. The van der Waals surface area contributed by atoms with E-state index in [1.807, 2.05) is 12.1 Å². The minimum absolute atomic E-state index is 1.03. The van der Waals surface area contributed by atoms with Gasteiger partial charge >= 0.3 is 0 Å². The van der Waals surface area contributed by atoms with Crippen molar-refractivity contribution in [2.24, 2.45) is 0 Å². The van der Waals surface area contributed by atoms with E-state index in [0.717, 1.165) is 18.5 Å². The van der Waals surface area contributed by atoms with Crippen LogP contribution < -0.4 is 5.32 Å². The van der Waals surface area contributed by atoms with Gasteiger partial charge in [-0.25, -0.2) is 0 Å². The summed E-state index contributed by atoms with van der Waals surface area (Å²) >= 11 is 0. The average molecular weight is 148 g/mol. The predicted molar refractivity (Wildman–Crippen MR) is 49.7 cm³/mol. The zero-order chi connectivity index (χ0) is 8.10. The molecular weight excluding hydrogens is 134 g/mol. The lowest BCUT2D eigenvalue weighted by molar-refractivity contribution is 0.979. The van der Waals surface area contributed by atoms with Crippen molar-refractivity contribution in [1.82, 2.24) is 0 Å². The Balaban J connectivity index is 2.56. The number of nitrogens with one attached hydrogen (secondary N) is 1. The van der Waals surface area contributed by atoms with Gasteiger partial charge in [0.15, 0.2) is 0 Å². The first kappa shape index (κ1) is 8.12. The van der Waals surface area contributed by atoms with Crippen LogP contribution in [0.25, 0.3) is 0 Å². The zero-order valence-electron chi connectivity index (χ0n) is 6.93. The molecule has 1 rings (SSSR count). The fourth-order valence-corrected chi connectivity index (χ4v) is 0.951. The van der Waals surface area contributed by atoms with E-state index >= 15 is 0 Å². The fraction of sp³-hybridized carbons (Fsp3) is 0.300.